The summed E-state index contributed by atoms with van der Waals surface area (Å²) >= 11 is 0. The Kier molecular flexibility index (Phi) is 5.12. The van der Waals surface area contributed by atoms with Crippen molar-refractivity contribution in [3.05, 3.63) is 35.3 Å². The Morgan fingerprint density at radius 3 is 2.62 bits per heavy atom. The van der Waals surface area contributed by atoms with Gasteiger partial charge in [0.25, 0.3) is 5.91 Å². The van der Waals surface area contributed by atoms with Gasteiger partial charge in [0, 0.05) is 29.1 Å². The van der Waals surface area contributed by atoms with E-state index in [9.17, 15) is 4.79 Å². The quantitative estimate of drug-likeness (QED) is 0.682. The van der Waals surface area contributed by atoms with E-state index in [-0.39, 0.29) is 24.4 Å². The molecule has 0 aliphatic carbocycles. The van der Waals surface area contributed by atoms with Crippen LogP contribution in [0.25, 0.3) is 22.0 Å². The topological polar surface area (TPSA) is 87.0 Å². The van der Waals surface area contributed by atoms with Crippen molar-refractivity contribution in [1.82, 2.24) is 25.6 Å². The summed E-state index contributed by atoms with van der Waals surface area (Å²) in [5, 5.41) is 15.4. The van der Waals surface area contributed by atoms with E-state index in [2.05, 4.69) is 32.6 Å². The number of aryl methyl sites for hydroxylation is 2. The molecule has 2 aromatic heterocycles. The van der Waals surface area contributed by atoms with Crippen LogP contribution in [0, 0.1) is 13.8 Å². The molecule has 8 heteroatoms. The van der Waals surface area contributed by atoms with Gasteiger partial charge < -0.3 is 14.7 Å². The maximum Gasteiger partial charge on any atom is 0.272 e. The van der Waals surface area contributed by atoms with Gasteiger partial charge in [-0.15, -0.1) is 12.4 Å². The van der Waals surface area contributed by atoms with Crippen LogP contribution in [0.4, 0.5) is 0 Å². The van der Waals surface area contributed by atoms with Crippen molar-refractivity contribution < 1.29 is 9.32 Å². The number of halogens is 1. The van der Waals surface area contributed by atoms with Gasteiger partial charge in [-0.25, -0.2) is 0 Å². The van der Waals surface area contributed by atoms with Crippen molar-refractivity contribution in [3.63, 3.8) is 0 Å². The van der Waals surface area contributed by atoms with Gasteiger partial charge in [0.1, 0.15) is 5.76 Å². The first-order chi connectivity index (χ1) is 13.5. The Labute approximate surface area is 175 Å². The lowest BCUT2D eigenvalue weighted by Gasteiger charge is -2.36. The first-order valence-corrected chi connectivity index (χ1v) is 9.95. The number of hydrogen-bond acceptors (Lipinski definition) is 5. The second kappa shape index (κ2) is 7.46. The highest BCUT2D eigenvalue weighted by atomic mass is 35.5. The van der Waals surface area contributed by atoms with Gasteiger partial charge in [-0.1, -0.05) is 11.2 Å². The SMILES string of the molecule is Cc1noc(C)c1-c1ccc2[nH]nc(C(=O)NC3CC4CCC(C3)N4C)c2c1.Cl. The fourth-order valence-electron chi connectivity index (χ4n) is 5.02. The second-order valence-corrected chi connectivity index (χ2v) is 8.22. The molecule has 7 nitrogen and oxygen atoms in total. The zero-order chi connectivity index (χ0) is 19.4. The van der Waals surface area contributed by atoms with Gasteiger partial charge in [0.15, 0.2) is 5.69 Å². The van der Waals surface area contributed by atoms with E-state index >= 15 is 0 Å². The fourth-order valence-corrected chi connectivity index (χ4v) is 5.02. The van der Waals surface area contributed by atoms with Crippen molar-refractivity contribution in [2.24, 2.45) is 0 Å². The molecule has 0 spiro atoms. The van der Waals surface area contributed by atoms with Crippen LogP contribution in [0.3, 0.4) is 0 Å². The summed E-state index contributed by atoms with van der Waals surface area (Å²) in [5.74, 6) is 0.671. The molecule has 1 amide bonds. The van der Waals surface area contributed by atoms with Crippen LogP contribution >= 0.6 is 12.4 Å². The number of H-pyrrole nitrogens is 1. The minimum absolute atomic E-state index is 0. The minimum atomic E-state index is -0.101. The lowest BCUT2D eigenvalue weighted by Crippen LogP contribution is -2.48. The van der Waals surface area contributed by atoms with Crippen molar-refractivity contribution in [1.29, 1.82) is 0 Å². The summed E-state index contributed by atoms with van der Waals surface area (Å²) in [6.45, 7) is 3.82. The number of nitrogens with zero attached hydrogens (tertiary/aromatic N) is 3. The summed E-state index contributed by atoms with van der Waals surface area (Å²) in [6.07, 6.45) is 4.51. The number of carbonyl (C=O) groups excluding carboxylic acids is 1. The summed E-state index contributed by atoms with van der Waals surface area (Å²) in [7, 11) is 2.21. The minimum Gasteiger partial charge on any atom is -0.361 e. The van der Waals surface area contributed by atoms with E-state index in [0.717, 1.165) is 46.3 Å². The Hall–Kier alpha value is -2.38. The molecule has 4 heterocycles. The molecule has 2 aliphatic rings. The van der Waals surface area contributed by atoms with Crippen LogP contribution in [0.5, 0.6) is 0 Å². The molecule has 2 saturated heterocycles. The monoisotopic (exact) mass is 415 g/mol. The third-order valence-electron chi connectivity index (χ3n) is 6.53. The molecule has 2 atom stereocenters. The van der Waals surface area contributed by atoms with E-state index in [0.29, 0.717) is 17.8 Å². The van der Waals surface area contributed by atoms with E-state index in [4.69, 9.17) is 4.52 Å². The van der Waals surface area contributed by atoms with Crippen molar-refractivity contribution in [3.8, 4) is 11.1 Å². The number of hydrogen-bond donors (Lipinski definition) is 2. The van der Waals surface area contributed by atoms with Crippen LogP contribution in [0.1, 0.15) is 47.6 Å². The molecule has 154 valence electrons. The highest BCUT2D eigenvalue weighted by molar-refractivity contribution is 6.05. The Balaban J connectivity index is 0.00000205. The molecule has 29 heavy (non-hydrogen) atoms. The molecule has 2 aliphatic heterocycles. The largest absolute Gasteiger partial charge is 0.361 e. The normalized spacial score (nSPS) is 23.9. The summed E-state index contributed by atoms with van der Waals surface area (Å²) in [6, 6.07) is 7.36. The lowest BCUT2D eigenvalue weighted by atomic mass is 9.97. The van der Waals surface area contributed by atoms with E-state index in [1.165, 1.54) is 12.8 Å². The standard InChI is InChI=1S/C21H25N5O2.ClH/c1-11-19(12(2)28-25-11)13-4-7-18-17(8-13)20(24-23-18)21(27)22-14-9-15-5-6-16(10-14)26(15)3;/h4,7-8,14-16H,5-6,9-10H2,1-3H3,(H,22,27)(H,23,24);1H. The van der Waals surface area contributed by atoms with Gasteiger partial charge in [0.05, 0.1) is 11.2 Å². The van der Waals surface area contributed by atoms with Gasteiger partial charge in [-0.3, -0.25) is 9.89 Å². The van der Waals surface area contributed by atoms with Gasteiger partial charge in [0.2, 0.25) is 0 Å². The number of nitrogens with one attached hydrogen (secondary N) is 2. The number of amides is 1. The molecule has 2 N–H and O–H groups in total. The number of carbonyl (C=O) groups is 1. The van der Waals surface area contributed by atoms with Gasteiger partial charge >= 0.3 is 0 Å². The zero-order valence-electron chi connectivity index (χ0n) is 16.9. The summed E-state index contributed by atoms with van der Waals surface area (Å²) < 4.78 is 5.30. The second-order valence-electron chi connectivity index (χ2n) is 8.22. The molecule has 2 fully saturated rings. The predicted molar refractivity (Wildman–Crippen MR) is 113 cm³/mol. The molecule has 2 bridgehead atoms. The molecule has 5 rings (SSSR count). The van der Waals surface area contributed by atoms with Crippen LogP contribution < -0.4 is 5.32 Å². The maximum atomic E-state index is 13.0. The van der Waals surface area contributed by atoms with Crippen LogP contribution in [0.15, 0.2) is 22.7 Å². The molecule has 1 aromatic carbocycles. The van der Waals surface area contributed by atoms with E-state index < -0.39 is 0 Å². The average Bonchev–Trinajstić information content (AvgIpc) is 3.29. The fraction of sp³-hybridized carbons (Fsp3) is 0.476. The Morgan fingerprint density at radius 1 is 1.24 bits per heavy atom. The molecule has 3 aromatic rings. The number of benzene rings is 1. The smallest absolute Gasteiger partial charge is 0.272 e. The van der Waals surface area contributed by atoms with Crippen molar-refractivity contribution in [2.75, 3.05) is 7.05 Å². The first-order valence-electron chi connectivity index (χ1n) is 9.95. The Morgan fingerprint density at radius 2 is 1.97 bits per heavy atom. The number of piperidine rings is 1. The summed E-state index contributed by atoms with van der Waals surface area (Å²) in [4.78, 5) is 15.5. The highest BCUT2D eigenvalue weighted by Crippen LogP contribution is 2.34. The van der Waals surface area contributed by atoms with Gasteiger partial charge in [-0.05, 0) is 64.3 Å². The van der Waals surface area contributed by atoms with Crippen molar-refractivity contribution in [2.45, 2.75) is 57.7 Å². The van der Waals surface area contributed by atoms with E-state index in [1.54, 1.807) is 0 Å². The Bertz CT molecular complexity index is 1030. The third kappa shape index (κ3) is 3.32. The van der Waals surface area contributed by atoms with Crippen LogP contribution in [-0.4, -0.2) is 51.3 Å². The van der Waals surface area contributed by atoms with Crippen LogP contribution in [-0.2, 0) is 0 Å². The molecule has 2 unspecified atom stereocenters. The molecular formula is C21H26ClN5O2. The summed E-state index contributed by atoms with van der Waals surface area (Å²) in [5.41, 5.74) is 4.10. The van der Waals surface area contributed by atoms with Crippen LogP contribution in [0.2, 0.25) is 0 Å². The zero-order valence-corrected chi connectivity index (χ0v) is 17.7. The number of fused-ring (bicyclic) bond motifs is 3. The molecule has 0 radical (unpaired) electrons. The number of rotatable bonds is 3. The lowest BCUT2D eigenvalue weighted by molar-refractivity contribution is 0.0879. The average molecular weight is 416 g/mol. The highest BCUT2D eigenvalue weighted by Gasteiger charge is 2.39. The molecular weight excluding hydrogens is 390 g/mol. The van der Waals surface area contributed by atoms with Gasteiger partial charge in [-0.2, -0.15) is 5.10 Å². The number of aromatic amines is 1. The maximum absolute atomic E-state index is 13.0. The van der Waals surface area contributed by atoms with Crippen molar-refractivity contribution >= 4 is 29.2 Å². The first kappa shape index (κ1) is 19.9. The van der Waals surface area contributed by atoms with E-state index in [1.807, 2.05) is 32.0 Å². The molecule has 0 saturated carbocycles. The third-order valence-corrected chi connectivity index (χ3v) is 6.53. The predicted octanol–water partition coefficient (Wildman–Crippen LogP) is 3.61. The number of aromatic nitrogens is 3.